The fourth-order valence-corrected chi connectivity index (χ4v) is 3.36. The van der Waals surface area contributed by atoms with E-state index in [1.54, 1.807) is 20.8 Å². The van der Waals surface area contributed by atoms with Crippen molar-refractivity contribution in [1.82, 2.24) is 5.48 Å². The molecule has 0 bridgehead atoms. The minimum Gasteiger partial charge on any atom is -0.458 e. The number of esters is 1. The van der Waals surface area contributed by atoms with E-state index < -0.39 is 32.1 Å². The highest BCUT2D eigenvalue weighted by Crippen LogP contribution is 2.36. The molecule has 0 heterocycles. The molecule has 0 aliphatic carbocycles. The molecule has 0 aliphatic heterocycles. The lowest BCUT2D eigenvalue weighted by atomic mass is 10.1. The summed E-state index contributed by atoms with van der Waals surface area (Å²) in [6, 6.07) is 9.29. The van der Waals surface area contributed by atoms with E-state index in [-0.39, 0.29) is 11.6 Å². The molecule has 1 aromatic rings. The molecule has 0 aromatic heterocycles. The standard InChI is InChI=1S/C23H39NO6Si/c1-22(2,3)29-20(25)19(15-12-16-28-31(7,8)23(4,5)6)30-24-21(26)27-17-18-13-10-9-11-14-18/h9-11,13-14,19H,12,15-17H2,1-8H3,(H,24,26)/t19-/m1/s1. The Labute approximate surface area is 187 Å². The van der Waals surface area contributed by atoms with E-state index in [1.165, 1.54) is 0 Å². The van der Waals surface area contributed by atoms with Crippen LogP contribution in [-0.2, 0) is 30.1 Å². The van der Waals surface area contributed by atoms with Crippen molar-refractivity contribution in [2.45, 2.75) is 90.8 Å². The number of rotatable bonds is 10. The van der Waals surface area contributed by atoms with E-state index in [1.807, 2.05) is 30.3 Å². The quantitative estimate of drug-likeness (QED) is 0.222. The first-order chi connectivity index (χ1) is 14.2. The maximum atomic E-state index is 12.5. The van der Waals surface area contributed by atoms with Crippen LogP contribution in [0.5, 0.6) is 0 Å². The Balaban J connectivity index is 2.57. The Morgan fingerprint density at radius 1 is 1.03 bits per heavy atom. The van der Waals surface area contributed by atoms with Crippen LogP contribution in [-0.4, -0.2) is 38.7 Å². The molecule has 0 spiro atoms. The van der Waals surface area contributed by atoms with Crippen LogP contribution in [0.3, 0.4) is 0 Å². The second kappa shape index (κ2) is 11.6. The topological polar surface area (TPSA) is 83.1 Å². The SMILES string of the molecule is CC(C)(C)OC(=O)[C@@H](CCCO[Si](C)(C)C(C)(C)C)ONC(=O)OCc1ccccc1. The Bertz CT molecular complexity index is 694. The van der Waals surface area contributed by atoms with Crippen LogP contribution in [0.4, 0.5) is 4.79 Å². The number of hydroxylamine groups is 1. The molecule has 0 fully saturated rings. The molecule has 7 nitrogen and oxygen atoms in total. The maximum absolute atomic E-state index is 12.5. The zero-order valence-corrected chi connectivity index (χ0v) is 21.2. The number of amides is 1. The Morgan fingerprint density at radius 3 is 2.19 bits per heavy atom. The van der Waals surface area contributed by atoms with E-state index in [4.69, 9.17) is 18.7 Å². The average Bonchev–Trinajstić information content (AvgIpc) is 2.64. The summed E-state index contributed by atoms with van der Waals surface area (Å²) in [5.74, 6) is -0.539. The van der Waals surface area contributed by atoms with Crippen LogP contribution in [0.2, 0.25) is 18.1 Å². The number of hydrogen-bond donors (Lipinski definition) is 1. The first-order valence-corrected chi connectivity index (χ1v) is 13.6. The molecule has 0 aliphatic rings. The van der Waals surface area contributed by atoms with E-state index in [0.717, 1.165) is 5.56 Å². The second-order valence-corrected chi connectivity index (χ2v) is 14.9. The highest BCUT2D eigenvalue weighted by Gasteiger charge is 2.37. The molecule has 0 saturated heterocycles. The first kappa shape index (κ1) is 27.1. The molecule has 1 atom stereocenters. The van der Waals surface area contributed by atoms with Gasteiger partial charge >= 0.3 is 12.1 Å². The molecule has 1 amide bonds. The molecule has 176 valence electrons. The predicted octanol–water partition coefficient (Wildman–Crippen LogP) is 5.36. The number of ether oxygens (including phenoxy) is 2. The molecule has 1 aromatic carbocycles. The highest BCUT2D eigenvalue weighted by atomic mass is 28.4. The molecular weight excluding hydrogens is 414 g/mol. The van der Waals surface area contributed by atoms with Crippen molar-refractivity contribution in [1.29, 1.82) is 0 Å². The van der Waals surface area contributed by atoms with Gasteiger partial charge in [-0.25, -0.2) is 9.59 Å². The molecule has 8 heteroatoms. The molecule has 1 rings (SSSR count). The maximum Gasteiger partial charge on any atom is 0.431 e. The molecule has 0 saturated carbocycles. The third-order valence-corrected chi connectivity index (χ3v) is 9.58. The van der Waals surface area contributed by atoms with Crippen molar-refractivity contribution in [2.24, 2.45) is 0 Å². The van der Waals surface area contributed by atoms with Crippen LogP contribution >= 0.6 is 0 Å². The van der Waals surface area contributed by atoms with E-state index in [2.05, 4.69) is 39.3 Å². The average molecular weight is 454 g/mol. The second-order valence-electron chi connectivity index (χ2n) is 10.1. The van der Waals surface area contributed by atoms with Crippen molar-refractivity contribution < 1.29 is 28.3 Å². The summed E-state index contributed by atoms with van der Waals surface area (Å²) >= 11 is 0. The third-order valence-electron chi connectivity index (χ3n) is 5.05. The molecule has 31 heavy (non-hydrogen) atoms. The van der Waals surface area contributed by atoms with Crippen LogP contribution in [0.1, 0.15) is 59.9 Å². The van der Waals surface area contributed by atoms with Crippen LogP contribution in [0.25, 0.3) is 0 Å². The van der Waals surface area contributed by atoms with Gasteiger partial charge in [0.2, 0.25) is 0 Å². The van der Waals surface area contributed by atoms with E-state index >= 15 is 0 Å². The predicted molar refractivity (Wildman–Crippen MR) is 123 cm³/mol. The van der Waals surface area contributed by atoms with Gasteiger partial charge in [-0.3, -0.25) is 4.84 Å². The number of carbonyl (C=O) groups is 2. The lowest BCUT2D eigenvalue weighted by Gasteiger charge is -2.36. The summed E-state index contributed by atoms with van der Waals surface area (Å²) in [7, 11) is -1.87. The summed E-state index contributed by atoms with van der Waals surface area (Å²) in [5.41, 5.74) is 2.40. The lowest BCUT2D eigenvalue weighted by Crippen LogP contribution is -2.41. The van der Waals surface area contributed by atoms with E-state index in [9.17, 15) is 9.59 Å². The number of nitrogens with one attached hydrogen (secondary N) is 1. The van der Waals surface area contributed by atoms with Crippen LogP contribution < -0.4 is 5.48 Å². The van der Waals surface area contributed by atoms with Crippen LogP contribution in [0, 0.1) is 0 Å². The summed E-state index contributed by atoms with van der Waals surface area (Å²) in [5, 5.41) is 0.109. The van der Waals surface area contributed by atoms with E-state index in [0.29, 0.717) is 19.4 Å². The van der Waals surface area contributed by atoms with Crippen molar-refractivity contribution in [2.75, 3.05) is 6.61 Å². The largest absolute Gasteiger partial charge is 0.458 e. The molecule has 0 unspecified atom stereocenters. The monoisotopic (exact) mass is 453 g/mol. The van der Waals surface area contributed by atoms with Crippen molar-refractivity contribution in [3.05, 3.63) is 35.9 Å². The molecule has 0 radical (unpaired) electrons. The smallest absolute Gasteiger partial charge is 0.431 e. The fraction of sp³-hybridized carbons (Fsp3) is 0.652. The van der Waals surface area contributed by atoms with Crippen LogP contribution in [0.15, 0.2) is 30.3 Å². The van der Waals surface area contributed by atoms with Gasteiger partial charge in [-0.1, -0.05) is 51.1 Å². The van der Waals surface area contributed by atoms with Gasteiger partial charge < -0.3 is 13.9 Å². The highest BCUT2D eigenvalue weighted by molar-refractivity contribution is 6.74. The zero-order valence-electron chi connectivity index (χ0n) is 20.2. The van der Waals surface area contributed by atoms with Gasteiger partial charge in [0.05, 0.1) is 0 Å². The summed E-state index contributed by atoms with van der Waals surface area (Å²) in [4.78, 5) is 29.9. The van der Waals surface area contributed by atoms with Gasteiger partial charge in [-0.05, 0) is 57.3 Å². The normalized spacial score (nSPS) is 13.4. The van der Waals surface area contributed by atoms with Gasteiger partial charge in [-0.15, -0.1) is 0 Å². The Hall–Kier alpha value is -1.90. The van der Waals surface area contributed by atoms with Crippen molar-refractivity contribution >= 4 is 20.4 Å². The van der Waals surface area contributed by atoms with Gasteiger partial charge in [-0.2, -0.15) is 5.48 Å². The first-order valence-electron chi connectivity index (χ1n) is 10.7. The van der Waals surface area contributed by atoms with Crippen molar-refractivity contribution in [3.8, 4) is 0 Å². The Morgan fingerprint density at radius 2 is 1.65 bits per heavy atom. The fourth-order valence-electron chi connectivity index (χ4n) is 2.28. The number of benzene rings is 1. The summed E-state index contributed by atoms with van der Waals surface area (Å²) in [6.45, 7) is 16.9. The summed E-state index contributed by atoms with van der Waals surface area (Å²) < 4.78 is 16.7. The summed E-state index contributed by atoms with van der Waals surface area (Å²) in [6.07, 6.45) is -0.777. The van der Waals surface area contributed by atoms with Gasteiger partial charge in [0.25, 0.3) is 0 Å². The molecular formula is C23H39NO6Si. The number of hydrogen-bond acceptors (Lipinski definition) is 6. The Kier molecular flexibility index (Phi) is 10.2. The zero-order chi connectivity index (χ0) is 23.7. The van der Waals surface area contributed by atoms with Gasteiger partial charge in [0.15, 0.2) is 14.4 Å². The number of carbonyl (C=O) groups excluding carboxylic acids is 2. The third kappa shape index (κ3) is 10.8. The minimum atomic E-state index is -1.87. The minimum absolute atomic E-state index is 0.105. The molecule has 1 N–H and O–H groups in total. The van der Waals surface area contributed by atoms with Gasteiger partial charge in [0, 0.05) is 6.61 Å². The van der Waals surface area contributed by atoms with Gasteiger partial charge in [0.1, 0.15) is 12.2 Å². The van der Waals surface area contributed by atoms with Crippen molar-refractivity contribution in [3.63, 3.8) is 0 Å². The lowest BCUT2D eigenvalue weighted by molar-refractivity contribution is -0.173.